The fourth-order valence-corrected chi connectivity index (χ4v) is 2.30. The normalized spacial score (nSPS) is 13.3. The predicted octanol–water partition coefficient (Wildman–Crippen LogP) is 3.15. The quantitative estimate of drug-likeness (QED) is 0.774. The Kier molecular flexibility index (Phi) is 5.88. The molecular formula is C12H21NOS. The number of hydrogen-bond donors (Lipinski definition) is 1. The lowest BCUT2D eigenvalue weighted by atomic mass is 10.3. The molecule has 0 saturated carbocycles. The zero-order chi connectivity index (χ0) is 11.1. The molecule has 0 amide bonds. The number of thioether (sulfide) groups is 1. The van der Waals surface area contributed by atoms with Crippen molar-refractivity contribution in [3.63, 3.8) is 0 Å². The zero-order valence-electron chi connectivity index (χ0n) is 9.82. The highest BCUT2D eigenvalue weighted by atomic mass is 32.2. The second kappa shape index (κ2) is 6.96. The molecule has 0 aliphatic carbocycles. The average Bonchev–Trinajstić information content (AvgIpc) is 2.66. The van der Waals surface area contributed by atoms with Crippen LogP contribution in [0.15, 0.2) is 23.0 Å². The van der Waals surface area contributed by atoms with Gasteiger partial charge in [0.25, 0.3) is 0 Å². The molecule has 15 heavy (non-hydrogen) atoms. The van der Waals surface area contributed by atoms with Gasteiger partial charge in [0, 0.05) is 23.9 Å². The molecule has 0 aromatic carbocycles. The molecule has 86 valence electrons. The molecule has 0 fully saturated rings. The van der Waals surface area contributed by atoms with E-state index in [2.05, 4.69) is 26.1 Å². The van der Waals surface area contributed by atoms with Crippen LogP contribution >= 0.6 is 11.8 Å². The van der Waals surface area contributed by atoms with Crippen LogP contribution in [0.25, 0.3) is 0 Å². The lowest BCUT2D eigenvalue weighted by molar-refractivity contribution is 0.552. The van der Waals surface area contributed by atoms with Crippen molar-refractivity contribution >= 4 is 11.8 Å². The van der Waals surface area contributed by atoms with Crippen LogP contribution in [0.1, 0.15) is 26.3 Å². The van der Waals surface area contributed by atoms with Gasteiger partial charge in [-0.25, -0.2) is 0 Å². The highest BCUT2D eigenvalue weighted by Crippen LogP contribution is 2.09. The Labute approximate surface area is 96.8 Å². The van der Waals surface area contributed by atoms with Gasteiger partial charge >= 0.3 is 0 Å². The highest BCUT2D eigenvalue weighted by Gasteiger charge is 2.03. The number of rotatable bonds is 7. The van der Waals surface area contributed by atoms with Crippen LogP contribution in [0.2, 0.25) is 0 Å². The van der Waals surface area contributed by atoms with E-state index in [4.69, 9.17) is 4.42 Å². The van der Waals surface area contributed by atoms with Gasteiger partial charge in [0.2, 0.25) is 0 Å². The Morgan fingerprint density at radius 2 is 2.13 bits per heavy atom. The lowest BCUT2D eigenvalue weighted by Crippen LogP contribution is -2.27. The van der Waals surface area contributed by atoms with E-state index in [0.29, 0.717) is 6.04 Å². The standard InChI is InChI=1S/C12H21NOS/c1-10(2)8-15-9-11(3)13-6-12-4-5-14-7-12/h4-5,7,10-11,13H,6,8-9H2,1-3H3. The molecule has 1 heterocycles. The molecule has 0 spiro atoms. The van der Waals surface area contributed by atoms with Gasteiger partial charge in [0.1, 0.15) is 0 Å². The van der Waals surface area contributed by atoms with Crippen molar-refractivity contribution < 1.29 is 4.42 Å². The fraction of sp³-hybridized carbons (Fsp3) is 0.667. The maximum atomic E-state index is 5.01. The SMILES string of the molecule is CC(C)CSCC(C)NCc1ccoc1. The van der Waals surface area contributed by atoms with Crippen molar-refractivity contribution in [3.05, 3.63) is 24.2 Å². The second-order valence-electron chi connectivity index (χ2n) is 4.34. The van der Waals surface area contributed by atoms with Gasteiger partial charge in [0.15, 0.2) is 0 Å². The van der Waals surface area contributed by atoms with Crippen molar-refractivity contribution in [2.45, 2.75) is 33.4 Å². The number of hydrogen-bond acceptors (Lipinski definition) is 3. The van der Waals surface area contributed by atoms with E-state index < -0.39 is 0 Å². The minimum atomic E-state index is 0.559. The topological polar surface area (TPSA) is 25.2 Å². The van der Waals surface area contributed by atoms with Gasteiger partial charge in [-0.2, -0.15) is 11.8 Å². The van der Waals surface area contributed by atoms with Crippen molar-refractivity contribution in [1.29, 1.82) is 0 Å². The Morgan fingerprint density at radius 3 is 2.73 bits per heavy atom. The van der Waals surface area contributed by atoms with Crippen LogP contribution in [0.3, 0.4) is 0 Å². The van der Waals surface area contributed by atoms with E-state index in [1.54, 1.807) is 12.5 Å². The van der Waals surface area contributed by atoms with Gasteiger partial charge in [-0.05, 0) is 24.7 Å². The monoisotopic (exact) mass is 227 g/mol. The molecule has 1 atom stereocenters. The maximum Gasteiger partial charge on any atom is 0.0947 e. The second-order valence-corrected chi connectivity index (χ2v) is 5.42. The first-order valence-corrected chi connectivity index (χ1v) is 6.66. The number of nitrogens with one attached hydrogen (secondary N) is 1. The highest BCUT2D eigenvalue weighted by molar-refractivity contribution is 7.99. The van der Waals surface area contributed by atoms with Crippen LogP contribution in [0.5, 0.6) is 0 Å². The molecule has 0 aliphatic heterocycles. The molecule has 0 saturated heterocycles. The van der Waals surface area contributed by atoms with Crippen molar-refractivity contribution in [2.24, 2.45) is 5.92 Å². The third-order valence-corrected chi connectivity index (χ3v) is 3.69. The average molecular weight is 227 g/mol. The number of furan rings is 1. The smallest absolute Gasteiger partial charge is 0.0947 e. The van der Waals surface area contributed by atoms with Crippen LogP contribution in [-0.2, 0) is 6.54 Å². The largest absolute Gasteiger partial charge is 0.472 e. The van der Waals surface area contributed by atoms with Gasteiger partial charge in [0.05, 0.1) is 12.5 Å². The van der Waals surface area contributed by atoms with Crippen LogP contribution in [0, 0.1) is 5.92 Å². The van der Waals surface area contributed by atoms with Crippen molar-refractivity contribution in [3.8, 4) is 0 Å². The molecule has 1 unspecified atom stereocenters. The molecule has 3 heteroatoms. The summed E-state index contributed by atoms with van der Waals surface area (Å²) >= 11 is 2.02. The fourth-order valence-electron chi connectivity index (χ4n) is 1.22. The first kappa shape index (κ1) is 12.7. The van der Waals surface area contributed by atoms with Crippen LogP contribution in [-0.4, -0.2) is 17.5 Å². The Bertz CT molecular complexity index is 246. The first-order valence-electron chi connectivity index (χ1n) is 5.50. The molecule has 1 aromatic rings. The Morgan fingerprint density at radius 1 is 1.33 bits per heavy atom. The van der Waals surface area contributed by atoms with Gasteiger partial charge in [-0.1, -0.05) is 13.8 Å². The van der Waals surface area contributed by atoms with Crippen molar-refractivity contribution in [1.82, 2.24) is 5.32 Å². The predicted molar refractivity (Wildman–Crippen MR) is 67.2 cm³/mol. The van der Waals surface area contributed by atoms with E-state index in [1.807, 2.05) is 17.8 Å². The van der Waals surface area contributed by atoms with Gasteiger partial charge < -0.3 is 9.73 Å². The van der Waals surface area contributed by atoms with Gasteiger partial charge in [-0.3, -0.25) is 0 Å². The van der Waals surface area contributed by atoms with Gasteiger partial charge in [-0.15, -0.1) is 0 Å². The minimum absolute atomic E-state index is 0.559. The summed E-state index contributed by atoms with van der Waals surface area (Å²) in [5.41, 5.74) is 1.22. The van der Waals surface area contributed by atoms with Crippen molar-refractivity contribution in [2.75, 3.05) is 11.5 Å². The summed E-state index contributed by atoms with van der Waals surface area (Å²) in [4.78, 5) is 0. The van der Waals surface area contributed by atoms with E-state index >= 15 is 0 Å². The summed E-state index contributed by atoms with van der Waals surface area (Å²) in [5.74, 6) is 3.21. The summed E-state index contributed by atoms with van der Waals surface area (Å²) in [7, 11) is 0. The maximum absolute atomic E-state index is 5.01. The van der Waals surface area contributed by atoms with Crippen LogP contribution < -0.4 is 5.32 Å². The molecule has 1 aromatic heterocycles. The van der Waals surface area contributed by atoms with E-state index in [1.165, 1.54) is 17.1 Å². The molecule has 1 N–H and O–H groups in total. The molecular weight excluding hydrogens is 206 g/mol. The summed E-state index contributed by atoms with van der Waals surface area (Å²) in [6, 6.07) is 2.56. The van der Waals surface area contributed by atoms with E-state index in [9.17, 15) is 0 Å². The van der Waals surface area contributed by atoms with E-state index in [0.717, 1.165) is 12.5 Å². The van der Waals surface area contributed by atoms with Crippen LogP contribution in [0.4, 0.5) is 0 Å². The molecule has 0 radical (unpaired) electrons. The Balaban J connectivity index is 2.06. The molecule has 2 nitrogen and oxygen atoms in total. The Hall–Kier alpha value is -0.410. The van der Waals surface area contributed by atoms with E-state index in [-0.39, 0.29) is 0 Å². The molecule has 0 bridgehead atoms. The molecule has 0 aliphatic rings. The molecule has 1 rings (SSSR count). The third kappa shape index (κ3) is 5.90. The first-order chi connectivity index (χ1) is 7.18. The zero-order valence-corrected chi connectivity index (χ0v) is 10.6. The summed E-state index contributed by atoms with van der Waals surface area (Å²) in [6.45, 7) is 7.65. The summed E-state index contributed by atoms with van der Waals surface area (Å²) < 4.78 is 5.01. The third-order valence-electron chi connectivity index (χ3n) is 2.05. The minimum Gasteiger partial charge on any atom is -0.472 e. The lowest BCUT2D eigenvalue weighted by Gasteiger charge is -2.13. The summed E-state index contributed by atoms with van der Waals surface area (Å²) in [5, 5.41) is 3.48. The summed E-state index contributed by atoms with van der Waals surface area (Å²) in [6.07, 6.45) is 3.51.